The quantitative estimate of drug-likeness (QED) is 0.0290. The van der Waals surface area contributed by atoms with Gasteiger partial charge >= 0.3 is 92.3 Å². The fourth-order valence-electron chi connectivity index (χ4n) is 2.98. The molecule has 0 aromatic heterocycles. The van der Waals surface area contributed by atoms with Crippen molar-refractivity contribution in [3.8, 4) is 0 Å². The van der Waals surface area contributed by atoms with Crippen molar-refractivity contribution >= 4 is 72.2 Å². The summed E-state index contributed by atoms with van der Waals surface area (Å²) in [5.74, 6) is -11.1. The number of carbonyl (C=O) groups excluding carboxylic acids is 3. The monoisotopic (exact) mass is 828 g/mol. The van der Waals surface area contributed by atoms with Gasteiger partial charge in [0.25, 0.3) is 48.5 Å². The fourth-order valence-corrected chi connectivity index (χ4v) is 4.05. The molecule has 3 heterocycles. The van der Waals surface area contributed by atoms with Crippen LogP contribution in [-0.4, -0.2) is 182 Å². The molecule has 0 fully saturated rings. The number of hydrogen-bond acceptors (Lipinski definition) is 27. The molecule has 0 spiro atoms. The van der Waals surface area contributed by atoms with Gasteiger partial charge < -0.3 is 86.4 Å². The van der Waals surface area contributed by atoms with Crippen LogP contribution in [0.3, 0.4) is 0 Å². The largest absolute Gasteiger partial charge is 2.00 e. The van der Waals surface area contributed by atoms with Crippen LogP contribution in [0.25, 0.3) is 0 Å². The molecule has 32 heteroatoms. The van der Waals surface area contributed by atoms with E-state index in [1.54, 1.807) is 0 Å². The Bertz CT molecular complexity index is 1470. The van der Waals surface area contributed by atoms with Gasteiger partial charge in [-0.25, -0.2) is 39.6 Å². The van der Waals surface area contributed by atoms with Gasteiger partial charge in [-0.1, -0.05) is 0 Å². The molecular formula is C18H21KMgO27S3. The van der Waals surface area contributed by atoms with E-state index in [-0.39, 0.29) is 74.4 Å². The molecule has 3 rings (SSSR count). The molecule has 50 heavy (non-hydrogen) atoms. The van der Waals surface area contributed by atoms with Gasteiger partial charge in [-0.05, 0) is 0 Å². The summed E-state index contributed by atoms with van der Waals surface area (Å²) in [6.07, 6.45) is -9.93. The molecule has 0 bridgehead atoms. The summed E-state index contributed by atoms with van der Waals surface area (Å²) in [5.41, 5.74) is 0. The summed E-state index contributed by atoms with van der Waals surface area (Å²) in [4.78, 5) is 32.8. The van der Waals surface area contributed by atoms with E-state index < -0.39 is 140 Å². The van der Waals surface area contributed by atoms with E-state index in [2.05, 4.69) is 26.8 Å². The second-order valence-corrected chi connectivity index (χ2v) is 11.3. The van der Waals surface area contributed by atoms with Crippen LogP contribution in [-0.2, 0) is 72.3 Å². The number of cyclic esters (lactones) is 3. The first kappa shape index (κ1) is 50.4. The Morgan fingerprint density at radius 1 is 0.540 bits per heavy atom. The molecule has 0 amide bonds. The van der Waals surface area contributed by atoms with Crippen LogP contribution in [0.1, 0.15) is 0 Å². The molecule has 0 aliphatic carbocycles. The van der Waals surface area contributed by atoms with Gasteiger partial charge in [-0.2, -0.15) is 0 Å². The number of ether oxygens (including phenoxy) is 3. The Hall–Kier alpha value is -1.68. The molecule has 9 N–H and O–H groups in total. The molecule has 3 aliphatic heterocycles. The number of carbonyl (C=O) groups is 3. The molecule has 27 nitrogen and oxygen atoms in total. The van der Waals surface area contributed by atoms with Gasteiger partial charge in [0.1, 0.15) is 18.3 Å². The Balaban J connectivity index is 0. The fraction of sp³-hybridized carbons (Fsp3) is 0.500. The van der Waals surface area contributed by atoms with Crippen molar-refractivity contribution in [2.45, 2.75) is 36.6 Å². The van der Waals surface area contributed by atoms with E-state index >= 15 is 0 Å². The SMILES string of the molecule is O=C1O[C@H]([C@@H](O)CO)C(O)=C1OS(=O)(=O)[O-].O=C1O[C@H]([C@@H](O)CO)C(O)=C1OS(=O)(=O)[O-].O=C1O[C@H]([C@@H](O)CO)C(O)=C1OS(=O)(=O)[O-].[K+].[Mg+2]. The van der Waals surface area contributed by atoms with Crippen LogP contribution in [0, 0.1) is 0 Å². The summed E-state index contributed by atoms with van der Waals surface area (Å²) in [6, 6.07) is 0. The minimum absolute atomic E-state index is 0. The van der Waals surface area contributed by atoms with E-state index in [0.29, 0.717) is 0 Å². The summed E-state index contributed by atoms with van der Waals surface area (Å²) >= 11 is 0. The molecule has 0 aromatic carbocycles. The second-order valence-electron chi connectivity index (χ2n) is 8.35. The maximum Gasteiger partial charge on any atom is 2.00 e. The maximum absolute atomic E-state index is 10.9. The normalized spacial score (nSPS) is 22.3. The van der Waals surface area contributed by atoms with E-state index in [9.17, 15) is 68.6 Å². The first-order valence-corrected chi connectivity index (χ1v) is 15.5. The van der Waals surface area contributed by atoms with E-state index in [1.807, 2.05) is 0 Å². The zero-order chi connectivity index (χ0) is 37.5. The van der Waals surface area contributed by atoms with Crippen LogP contribution < -0.4 is 51.4 Å². The van der Waals surface area contributed by atoms with E-state index in [0.717, 1.165) is 0 Å². The van der Waals surface area contributed by atoms with Crippen molar-refractivity contribution in [2.24, 2.45) is 0 Å². The second kappa shape index (κ2) is 20.5. The average Bonchev–Trinajstić information content (AvgIpc) is 3.51. The third kappa shape index (κ3) is 15.1. The molecule has 0 radical (unpaired) electrons. The average molecular weight is 829 g/mol. The predicted octanol–water partition coefficient (Wildman–Crippen LogP) is -10.8. The van der Waals surface area contributed by atoms with Crippen LogP contribution >= 0.6 is 0 Å². The zero-order valence-electron chi connectivity index (χ0n) is 24.4. The zero-order valence-corrected chi connectivity index (χ0v) is 31.4. The molecule has 0 saturated heterocycles. The first-order valence-electron chi connectivity index (χ1n) is 11.5. The predicted molar refractivity (Wildman–Crippen MR) is 136 cm³/mol. The summed E-state index contributed by atoms with van der Waals surface area (Å²) < 4.78 is 115. The Morgan fingerprint density at radius 2 is 0.720 bits per heavy atom. The summed E-state index contributed by atoms with van der Waals surface area (Å²) in [7, 11) is -15.7. The number of rotatable bonds is 12. The third-order valence-corrected chi connectivity index (χ3v) is 6.04. The van der Waals surface area contributed by atoms with Crippen LogP contribution in [0.15, 0.2) is 34.6 Å². The third-order valence-electron chi connectivity index (χ3n) is 4.93. The summed E-state index contributed by atoms with van der Waals surface area (Å²) in [5, 5.41) is 80.4. The molecule has 3 aliphatic rings. The minimum atomic E-state index is -5.24. The molecule has 276 valence electrons. The van der Waals surface area contributed by atoms with Gasteiger partial charge in [0, 0.05) is 0 Å². The smallest absolute Gasteiger partial charge is 0.716 e. The van der Waals surface area contributed by atoms with Crippen LogP contribution in [0.5, 0.6) is 0 Å². The van der Waals surface area contributed by atoms with Crippen molar-refractivity contribution < 1.29 is 177 Å². The number of aliphatic hydroxyl groups is 9. The number of esters is 3. The first-order chi connectivity index (χ1) is 21.8. The Morgan fingerprint density at radius 3 is 0.860 bits per heavy atom. The van der Waals surface area contributed by atoms with Gasteiger partial charge in [-0.15, -0.1) is 0 Å². The topological polar surface area (TPSA) is 460 Å². The molecule has 0 aromatic rings. The Labute approximate surface area is 337 Å². The summed E-state index contributed by atoms with van der Waals surface area (Å²) in [6.45, 7) is -2.54. The van der Waals surface area contributed by atoms with Crippen molar-refractivity contribution in [1.29, 1.82) is 0 Å². The van der Waals surface area contributed by atoms with Gasteiger partial charge in [0.05, 0.1) is 19.8 Å². The van der Waals surface area contributed by atoms with Crippen molar-refractivity contribution in [3.05, 3.63) is 34.6 Å². The Kier molecular flexibility index (Phi) is 20.7. The van der Waals surface area contributed by atoms with Crippen molar-refractivity contribution in [1.82, 2.24) is 0 Å². The van der Waals surface area contributed by atoms with Crippen molar-refractivity contribution in [3.63, 3.8) is 0 Å². The number of hydrogen-bond donors (Lipinski definition) is 9. The maximum atomic E-state index is 10.9. The van der Waals surface area contributed by atoms with E-state index in [4.69, 9.17) is 30.6 Å². The number of aliphatic hydroxyl groups excluding tert-OH is 9. The molecule has 6 atom stereocenters. The van der Waals surface area contributed by atoms with Crippen LogP contribution in [0.4, 0.5) is 0 Å². The van der Waals surface area contributed by atoms with Gasteiger partial charge in [-0.3, -0.25) is 0 Å². The van der Waals surface area contributed by atoms with Gasteiger partial charge in [0.15, 0.2) is 35.6 Å². The molecular weight excluding hydrogens is 808 g/mol. The van der Waals surface area contributed by atoms with Crippen molar-refractivity contribution in [2.75, 3.05) is 19.8 Å². The standard InChI is InChI=1S/3C6H8O9S.K.Mg/c3*7-1-2(8)4-3(9)5(6(10)14-4)15-16(11,12)13;;/h3*2,4,7-9H,1H2,(H,11,12,13);;/q;;;+1;+2/p-3/t3*2-,4+;;/m000../s1. The molecule has 0 saturated carbocycles. The van der Waals surface area contributed by atoms with E-state index in [1.165, 1.54) is 0 Å². The minimum Gasteiger partial charge on any atom is -0.716 e. The van der Waals surface area contributed by atoms with Gasteiger partial charge in [0.2, 0.25) is 0 Å². The van der Waals surface area contributed by atoms with Crippen LogP contribution in [0.2, 0.25) is 0 Å². The molecule has 0 unspecified atom stereocenters.